The van der Waals surface area contributed by atoms with Crippen molar-refractivity contribution in [3.8, 4) is 5.69 Å². The molecule has 0 unspecified atom stereocenters. The number of pyridine rings is 1. The van der Waals surface area contributed by atoms with Crippen molar-refractivity contribution in [3.63, 3.8) is 0 Å². The minimum absolute atomic E-state index is 0.0404. The van der Waals surface area contributed by atoms with Crippen LogP contribution in [0.3, 0.4) is 0 Å². The molecule has 0 amide bonds. The SMILES string of the molecule is CC(=O)CSc1nc2cccc(F)c2c(=O)n1-c1cccnc1. The molecule has 116 valence electrons. The van der Waals surface area contributed by atoms with Gasteiger partial charge in [-0.05, 0) is 31.2 Å². The number of nitrogens with zero attached hydrogens (tertiary/aromatic N) is 3. The second-order valence-corrected chi connectivity index (χ2v) is 5.81. The van der Waals surface area contributed by atoms with Crippen LogP contribution in [0.1, 0.15) is 6.92 Å². The molecule has 2 heterocycles. The molecule has 0 spiro atoms. The topological polar surface area (TPSA) is 64.8 Å². The van der Waals surface area contributed by atoms with E-state index in [1.165, 1.54) is 29.8 Å². The number of ketones is 1. The lowest BCUT2D eigenvalue weighted by molar-refractivity contribution is -0.114. The van der Waals surface area contributed by atoms with Gasteiger partial charge in [-0.25, -0.2) is 9.37 Å². The Hall–Kier alpha value is -2.54. The van der Waals surface area contributed by atoms with Crippen LogP contribution in [0.4, 0.5) is 4.39 Å². The highest BCUT2D eigenvalue weighted by Gasteiger charge is 2.16. The van der Waals surface area contributed by atoms with Gasteiger partial charge in [0.2, 0.25) is 0 Å². The van der Waals surface area contributed by atoms with E-state index in [1.54, 1.807) is 24.4 Å². The van der Waals surface area contributed by atoms with Crippen molar-refractivity contribution in [1.29, 1.82) is 0 Å². The first kappa shape index (κ1) is 15.4. The van der Waals surface area contributed by atoms with Gasteiger partial charge in [-0.3, -0.25) is 19.1 Å². The van der Waals surface area contributed by atoms with Crippen LogP contribution in [0.2, 0.25) is 0 Å². The molecule has 0 atom stereocenters. The molecule has 23 heavy (non-hydrogen) atoms. The fourth-order valence-corrected chi connectivity index (χ4v) is 2.96. The Morgan fingerprint density at radius 3 is 2.83 bits per heavy atom. The number of aromatic nitrogens is 3. The van der Waals surface area contributed by atoms with Crippen molar-refractivity contribution in [2.45, 2.75) is 12.1 Å². The first-order chi connectivity index (χ1) is 11.1. The molecule has 1 aromatic carbocycles. The average Bonchev–Trinajstić information content (AvgIpc) is 2.53. The number of benzene rings is 1. The van der Waals surface area contributed by atoms with Crippen molar-refractivity contribution in [3.05, 3.63) is 58.9 Å². The van der Waals surface area contributed by atoms with Crippen molar-refractivity contribution in [2.24, 2.45) is 0 Å². The van der Waals surface area contributed by atoms with E-state index in [-0.39, 0.29) is 22.4 Å². The van der Waals surface area contributed by atoms with E-state index in [4.69, 9.17) is 0 Å². The summed E-state index contributed by atoms with van der Waals surface area (Å²) in [4.78, 5) is 32.4. The van der Waals surface area contributed by atoms with Crippen LogP contribution >= 0.6 is 11.8 Å². The van der Waals surface area contributed by atoms with Crippen LogP contribution in [0.25, 0.3) is 16.6 Å². The molecule has 0 saturated carbocycles. The van der Waals surface area contributed by atoms with Gasteiger partial charge in [-0.1, -0.05) is 17.8 Å². The monoisotopic (exact) mass is 329 g/mol. The highest BCUT2D eigenvalue weighted by atomic mass is 32.2. The van der Waals surface area contributed by atoms with Gasteiger partial charge >= 0.3 is 0 Å². The normalized spacial score (nSPS) is 10.9. The third kappa shape index (κ3) is 3.00. The van der Waals surface area contributed by atoms with E-state index in [0.717, 1.165) is 11.8 Å². The van der Waals surface area contributed by atoms with E-state index < -0.39 is 11.4 Å². The van der Waals surface area contributed by atoms with E-state index >= 15 is 0 Å². The molecular formula is C16H12FN3O2S. The lowest BCUT2D eigenvalue weighted by atomic mass is 10.2. The van der Waals surface area contributed by atoms with Gasteiger partial charge in [-0.2, -0.15) is 0 Å². The molecule has 5 nitrogen and oxygen atoms in total. The summed E-state index contributed by atoms with van der Waals surface area (Å²) in [6, 6.07) is 7.65. The quantitative estimate of drug-likeness (QED) is 0.544. The van der Waals surface area contributed by atoms with Crippen molar-refractivity contribution in [2.75, 3.05) is 5.75 Å². The maximum absolute atomic E-state index is 14.1. The Morgan fingerprint density at radius 1 is 1.30 bits per heavy atom. The van der Waals surface area contributed by atoms with E-state index in [2.05, 4.69) is 9.97 Å². The lowest BCUT2D eigenvalue weighted by Gasteiger charge is -2.12. The third-order valence-electron chi connectivity index (χ3n) is 3.12. The molecule has 0 bridgehead atoms. The molecule has 3 aromatic rings. The number of carbonyl (C=O) groups excluding carboxylic acids is 1. The molecular weight excluding hydrogens is 317 g/mol. The third-order valence-corrected chi connectivity index (χ3v) is 4.21. The summed E-state index contributed by atoms with van der Waals surface area (Å²) in [5.74, 6) is -0.491. The van der Waals surface area contributed by atoms with Crippen molar-refractivity contribution in [1.82, 2.24) is 14.5 Å². The largest absolute Gasteiger partial charge is 0.299 e. The second kappa shape index (κ2) is 6.29. The van der Waals surface area contributed by atoms with Gasteiger partial charge < -0.3 is 0 Å². The highest BCUT2D eigenvalue weighted by Crippen LogP contribution is 2.22. The number of carbonyl (C=O) groups is 1. The highest BCUT2D eigenvalue weighted by molar-refractivity contribution is 7.99. The Kier molecular flexibility index (Phi) is 4.20. The maximum atomic E-state index is 14.1. The molecule has 0 saturated heterocycles. The van der Waals surface area contributed by atoms with E-state index in [0.29, 0.717) is 10.8 Å². The van der Waals surface area contributed by atoms with Crippen LogP contribution in [0.5, 0.6) is 0 Å². The van der Waals surface area contributed by atoms with Gasteiger partial charge in [0, 0.05) is 6.20 Å². The first-order valence-corrected chi connectivity index (χ1v) is 7.80. The zero-order valence-electron chi connectivity index (χ0n) is 12.2. The van der Waals surface area contributed by atoms with Gasteiger partial charge in [0.15, 0.2) is 5.16 Å². The smallest absolute Gasteiger partial charge is 0.269 e. The van der Waals surface area contributed by atoms with Crippen molar-refractivity contribution < 1.29 is 9.18 Å². The number of Topliss-reactive ketones (excluding diaryl/α,β-unsaturated/α-hetero) is 1. The molecule has 0 radical (unpaired) electrons. The van der Waals surface area contributed by atoms with E-state index in [1.807, 2.05) is 0 Å². The minimum atomic E-state index is -0.624. The Bertz CT molecular complexity index is 941. The molecule has 0 aliphatic carbocycles. The fourth-order valence-electron chi connectivity index (χ4n) is 2.15. The Labute approximate surface area is 135 Å². The number of hydrogen-bond acceptors (Lipinski definition) is 5. The number of rotatable bonds is 4. The van der Waals surface area contributed by atoms with Crippen LogP contribution < -0.4 is 5.56 Å². The molecule has 0 aliphatic rings. The predicted molar refractivity (Wildman–Crippen MR) is 86.5 cm³/mol. The molecule has 0 aliphatic heterocycles. The molecule has 0 N–H and O–H groups in total. The molecule has 0 fully saturated rings. The zero-order chi connectivity index (χ0) is 16.4. The number of fused-ring (bicyclic) bond motifs is 1. The van der Waals surface area contributed by atoms with Crippen LogP contribution in [-0.2, 0) is 4.79 Å². The van der Waals surface area contributed by atoms with Crippen LogP contribution in [0.15, 0.2) is 52.7 Å². The van der Waals surface area contributed by atoms with Gasteiger partial charge in [0.25, 0.3) is 5.56 Å². The Balaban J connectivity index is 2.31. The van der Waals surface area contributed by atoms with Gasteiger partial charge in [0.05, 0.1) is 23.2 Å². The second-order valence-electron chi connectivity index (χ2n) is 4.87. The summed E-state index contributed by atoms with van der Waals surface area (Å²) in [6.07, 6.45) is 3.07. The Morgan fingerprint density at radius 2 is 2.13 bits per heavy atom. The predicted octanol–water partition coefficient (Wildman–Crippen LogP) is 2.60. The summed E-state index contributed by atoms with van der Waals surface area (Å²) >= 11 is 1.14. The van der Waals surface area contributed by atoms with Gasteiger partial charge in [0.1, 0.15) is 17.0 Å². The summed E-state index contributed by atoms with van der Waals surface area (Å²) in [7, 11) is 0. The summed E-state index contributed by atoms with van der Waals surface area (Å²) in [5.41, 5.74) is 0.217. The minimum Gasteiger partial charge on any atom is -0.299 e. The standard InChI is InChI=1S/C16H12FN3O2S/c1-10(21)9-23-16-19-13-6-2-5-12(17)14(13)15(22)20(16)11-4-3-7-18-8-11/h2-8H,9H2,1H3. The van der Waals surface area contributed by atoms with Crippen LogP contribution in [0, 0.1) is 5.82 Å². The summed E-state index contributed by atoms with van der Waals surface area (Å²) < 4.78 is 15.3. The number of hydrogen-bond donors (Lipinski definition) is 0. The van der Waals surface area contributed by atoms with Crippen LogP contribution in [-0.4, -0.2) is 26.1 Å². The number of halogens is 1. The fraction of sp³-hybridized carbons (Fsp3) is 0.125. The summed E-state index contributed by atoms with van der Waals surface area (Å²) in [5, 5.41) is 0.250. The summed E-state index contributed by atoms with van der Waals surface area (Å²) in [6.45, 7) is 1.46. The molecule has 3 rings (SSSR count). The molecule has 7 heteroatoms. The van der Waals surface area contributed by atoms with Gasteiger partial charge in [-0.15, -0.1) is 0 Å². The van der Waals surface area contributed by atoms with E-state index in [9.17, 15) is 14.0 Å². The maximum Gasteiger partial charge on any atom is 0.269 e. The molecule has 2 aromatic heterocycles. The van der Waals surface area contributed by atoms with Crippen molar-refractivity contribution >= 4 is 28.4 Å². The first-order valence-electron chi connectivity index (χ1n) is 6.82. The lowest BCUT2D eigenvalue weighted by Crippen LogP contribution is -2.23. The average molecular weight is 329 g/mol. The zero-order valence-corrected chi connectivity index (χ0v) is 13.0. The number of thioether (sulfide) groups is 1.